The number of thiophene rings is 1. The van der Waals surface area contributed by atoms with Gasteiger partial charge in [-0.25, -0.2) is 4.98 Å². The van der Waals surface area contributed by atoms with Crippen LogP contribution >= 0.6 is 11.3 Å². The lowest BCUT2D eigenvalue weighted by Crippen LogP contribution is -2.37. The molecule has 2 atom stereocenters. The number of benzene rings is 1. The van der Waals surface area contributed by atoms with Crippen LogP contribution in [0.15, 0.2) is 47.4 Å². The van der Waals surface area contributed by atoms with E-state index in [-0.39, 0.29) is 23.3 Å². The second kappa shape index (κ2) is 11.0. The molecule has 3 N–H and O–H groups in total. The maximum absolute atomic E-state index is 13.1. The van der Waals surface area contributed by atoms with Crippen molar-refractivity contribution in [1.29, 1.82) is 0 Å². The molecule has 180 valence electrons. The van der Waals surface area contributed by atoms with Gasteiger partial charge in [-0.15, -0.1) is 11.3 Å². The number of nitrogens with zero attached hydrogens (tertiary/aromatic N) is 2. The molecule has 0 spiro atoms. The van der Waals surface area contributed by atoms with Crippen molar-refractivity contribution < 1.29 is 4.79 Å². The summed E-state index contributed by atoms with van der Waals surface area (Å²) >= 11 is 1.74. The van der Waals surface area contributed by atoms with Crippen molar-refractivity contribution in [3.8, 4) is 0 Å². The van der Waals surface area contributed by atoms with E-state index in [0.29, 0.717) is 19.4 Å². The first-order valence-corrected chi connectivity index (χ1v) is 12.8. The van der Waals surface area contributed by atoms with Crippen LogP contribution in [0.2, 0.25) is 0 Å². The van der Waals surface area contributed by atoms with E-state index in [0.717, 1.165) is 29.2 Å². The van der Waals surface area contributed by atoms with Gasteiger partial charge < -0.3 is 16.0 Å². The zero-order chi connectivity index (χ0) is 24.1. The minimum atomic E-state index is -0.501. The molecule has 2 aromatic heterocycles. The van der Waals surface area contributed by atoms with E-state index < -0.39 is 6.04 Å². The van der Waals surface area contributed by atoms with E-state index in [1.54, 1.807) is 22.1 Å². The van der Waals surface area contributed by atoms with E-state index in [4.69, 9.17) is 0 Å². The molecule has 0 aliphatic carbocycles. The highest BCUT2D eigenvalue weighted by Crippen LogP contribution is 2.31. The minimum absolute atomic E-state index is 0.0830. The molecule has 0 fully saturated rings. The summed E-state index contributed by atoms with van der Waals surface area (Å²) in [6, 6.07) is 11.4. The van der Waals surface area contributed by atoms with Gasteiger partial charge in [0.05, 0.1) is 6.04 Å². The van der Waals surface area contributed by atoms with Gasteiger partial charge in [-0.05, 0) is 37.0 Å². The van der Waals surface area contributed by atoms with Crippen molar-refractivity contribution in [1.82, 2.24) is 20.2 Å². The smallest absolute Gasteiger partial charge is 0.294 e. The van der Waals surface area contributed by atoms with Crippen LogP contribution in [0.25, 0.3) is 0 Å². The third kappa shape index (κ3) is 5.23. The van der Waals surface area contributed by atoms with Crippen LogP contribution in [0, 0.1) is 0 Å². The Morgan fingerprint density at radius 2 is 2.03 bits per heavy atom. The fourth-order valence-corrected chi connectivity index (χ4v) is 5.44. The zero-order valence-electron chi connectivity index (χ0n) is 20.1. The quantitative estimate of drug-likeness (QED) is 0.491. The summed E-state index contributed by atoms with van der Waals surface area (Å²) in [6.07, 6.45) is 4.25. The van der Waals surface area contributed by atoms with Gasteiger partial charge in [-0.3, -0.25) is 14.2 Å². The van der Waals surface area contributed by atoms with Gasteiger partial charge in [-0.1, -0.05) is 50.6 Å². The maximum Gasteiger partial charge on any atom is 0.294 e. The summed E-state index contributed by atoms with van der Waals surface area (Å²) in [5.41, 5.74) is 2.96. The molecule has 3 aromatic rings. The number of hydrogen-bond acceptors (Lipinski definition) is 6. The van der Waals surface area contributed by atoms with Gasteiger partial charge in [-0.2, -0.15) is 0 Å². The van der Waals surface area contributed by atoms with E-state index in [2.05, 4.69) is 40.8 Å². The molecule has 0 radical (unpaired) electrons. The lowest BCUT2D eigenvalue weighted by molar-refractivity contribution is -0.124. The van der Waals surface area contributed by atoms with Crippen LogP contribution in [0.1, 0.15) is 72.3 Å². The lowest BCUT2D eigenvalue weighted by Gasteiger charge is -2.19. The van der Waals surface area contributed by atoms with E-state index in [1.807, 2.05) is 37.3 Å². The summed E-state index contributed by atoms with van der Waals surface area (Å²) in [5, 5.41) is 9.59. The number of nitrogens with one attached hydrogen (secondary N) is 3. The number of amides is 1. The van der Waals surface area contributed by atoms with Gasteiger partial charge in [0.2, 0.25) is 5.91 Å². The molecule has 1 amide bonds. The van der Waals surface area contributed by atoms with Crippen LogP contribution < -0.4 is 21.5 Å². The van der Waals surface area contributed by atoms with Crippen LogP contribution in [0.3, 0.4) is 0 Å². The summed E-state index contributed by atoms with van der Waals surface area (Å²) in [6.45, 7) is 8.56. The second-order valence-corrected chi connectivity index (χ2v) is 9.97. The van der Waals surface area contributed by atoms with Crippen molar-refractivity contribution >= 4 is 23.1 Å². The number of anilines is 1. The molecular weight excluding hydrogens is 446 g/mol. The SMILES string of the molecule is CC(NC(=O)C1CCc2cnc(NCc3ccccc3)c(=O)n21)c1cc2c(s1)CNC2.CCC. The van der Waals surface area contributed by atoms with Gasteiger partial charge in [0.1, 0.15) is 6.04 Å². The largest absolute Gasteiger partial charge is 0.361 e. The maximum atomic E-state index is 13.1. The molecule has 5 rings (SSSR count). The molecule has 0 bridgehead atoms. The first kappa shape index (κ1) is 24.2. The molecule has 34 heavy (non-hydrogen) atoms. The van der Waals surface area contributed by atoms with E-state index in [1.165, 1.54) is 16.9 Å². The van der Waals surface area contributed by atoms with Crippen molar-refractivity contribution in [2.24, 2.45) is 0 Å². The molecule has 2 aliphatic rings. The molecule has 4 heterocycles. The Labute approximate surface area is 204 Å². The standard InChI is InChI=1S/C23H25N5O2S.C3H8/c1-14(19-9-16-11-24-13-20(16)31-19)27-22(29)18-8-7-17-12-26-21(23(30)28(17)18)25-10-15-5-3-2-4-6-15;1-3-2/h2-6,9,12,14,18,24H,7-8,10-11,13H2,1H3,(H,25,26)(H,27,29);3H2,1-2H3. The Morgan fingerprint density at radius 1 is 1.26 bits per heavy atom. The summed E-state index contributed by atoms with van der Waals surface area (Å²) in [5.74, 6) is 0.169. The average Bonchev–Trinajstić information content (AvgIpc) is 3.55. The first-order chi connectivity index (χ1) is 16.5. The fourth-order valence-electron chi connectivity index (χ4n) is 4.29. The van der Waals surface area contributed by atoms with Gasteiger partial charge in [0.25, 0.3) is 5.56 Å². The number of carbonyl (C=O) groups excluding carboxylic acids is 1. The number of fused-ring (bicyclic) bond motifs is 2. The minimum Gasteiger partial charge on any atom is -0.361 e. The zero-order valence-corrected chi connectivity index (χ0v) is 20.9. The summed E-state index contributed by atoms with van der Waals surface area (Å²) < 4.78 is 1.61. The Hall–Kier alpha value is -2.97. The van der Waals surface area contributed by atoms with Gasteiger partial charge in [0, 0.05) is 41.3 Å². The average molecular weight is 480 g/mol. The van der Waals surface area contributed by atoms with Crippen LogP contribution in [0.5, 0.6) is 0 Å². The second-order valence-electron chi connectivity index (χ2n) is 8.81. The Kier molecular flexibility index (Phi) is 7.80. The van der Waals surface area contributed by atoms with Gasteiger partial charge in [0.15, 0.2) is 5.82 Å². The Balaban J connectivity index is 0.000000868. The molecule has 7 nitrogen and oxygen atoms in total. The number of carbonyl (C=O) groups is 1. The van der Waals surface area contributed by atoms with Crippen molar-refractivity contribution in [2.75, 3.05) is 5.32 Å². The molecule has 2 unspecified atom stereocenters. The van der Waals surface area contributed by atoms with Crippen molar-refractivity contribution in [2.45, 2.75) is 71.8 Å². The molecule has 0 saturated carbocycles. The number of hydrogen-bond donors (Lipinski definition) is 3. The van der Waals surface area contributed by atoms with Crippen LogP contribution in [0.4, 0.5) is 5.82 Å². The number of aromatic nitrogens is 2. The normalized spacial score (nSPS) is 16.7. The predicted molar refractivity (Wildman–Crippen MR) is 137 cm³/mol. The summed E-state index contributed by atoms with van der Waals surface area (Å²) in [4.78, 5) is 33.0. The van der Waals surface area contributed by atoms with E-state index in [9.17, 15) is 9.59 Å². The highest BCUT2D eigenvalue weighted by atomic mass is 32.1. The van der Waals surface area contributed by atoms with Crippen molar-refractivity contribution in [3.05, 3.63) is 79.5 Å². The third-order valence-corrected chi connectivity index (χ3v) is 7.33. The van der Waals surface area contributed by atoms with Gasteiger partial charge >= 0.3 is 0 Å². The summed E-state index contributed by atoms with van der Waals surface area (Å²) in [7, 11) is 0. The number of aryl methyl sites for hydroxylation is 1. The first-order valence-electron chi connectivity index (χ1n) is 12.0. The lowest BCUT2D eigenvalue weighted by atomic mass is 10.1. The third-order valence-electron chi connectivity index (χ3n) is 5.97. The number of rotatable bonds is 6. The molecule has 8 heteroatoms. The molecule has 0 saturated heterocycles. The monoisotopic (exact) mass is 479 g/mol. The topological polar surface area (TPSA) is 88.1 Å². The predicted octanol–water partition coefficient (Wildman–Crippen LogP) is 4.30. The molecular formula is C26H33N5O2S. The Bertz CT molecular complexity index is 1170. The Morgan fingerprint density at radius 3 is 2.76 bits per heavy atom. The van der Waals surface area contributed by atoms with Crippen LogP contribution in [-0.4, -0.2) is 15.5 Å². The highest BCUT2D eigenvalue weighted by molar-refractivity contribution is 7.12. The molecule has 2 aliphatic heterocycles. The fraction of sp³-hybridized carbons (Fsp3) is 0.423. The highest BCUT2D eigenvalue weighted by Gasteiger charge is 2.31. The van der Waals surface area contributed by atoms with E-state index >= 15 is 0 Å². The molecule has 1 aromatic carbocycles. The van der Waals surface area contributed by atoms with Crippen LogP contribution in [-0.2, 0) is 30.8 Å². The van der Waals surface area contributed by atoms with Crippen molar-refractivity contribution in [3.63, 3.8) is 0 Å².